The molecular formula is C11H18N2O2S. The van der Waals surface area contributed by atoms with Gasteiger partial charge in [0, 0.05) is 18.6 Å². The molecule has 1 saturated carbocycles. The summed E-state index contributed by atoms with van der Waals surface area (Å²) >= 11 is 0. The summed E-state index contributed by atoms with van der Waals surface area (Å²) in [6.45, 7) is 2.57. The van der Waals surface area contributed by atoms with E-state index in [0.717, 1.165) is 19.3 Å². The van der Waals surface area contributed by atoms with E-state index in [1.54, 1.807) is 0 Å². The number of rotatable bonds is 1. The first-order valence-corrected chi connectivity index (χ1v) is 7.71. The van der Waals surface area contributed by atoms with Crippen LogP contribution in [0.3, 0.4) is 0 Å². The number of nitriles is 1. The minimum Gasteiger partial charge on any atom is -0.294 e. The van der Waals surface area contributed by atoms with E-state index in [1.165, 1.54) is 0 Å². The Labute approximate surface area is 97.2 Å². The van der Waals surface area contributed by atoms with Crippen LogP contribution in [-0.4, -0.2) is 43.5 Å². The Morgan fingerprint density at radius 1 is 1.38 bits per heavy atom. The smallest absolute Gasteiger partial charge is 0.153 e. The van der Waals surface area contributed by atoms with E-state index in [4.69, 9.17) is 5.26 Å². The largest absolute Gasteiger partial charge is 0.294 e. The summed E-state index contributed by atoms with van der Waals surface area (Å²) in [6, 6.07) is 2.72. The third kappa shape index (κ3) is 2.23. The molecule has 1 aliphatic carbocycles. The second kappa shape index (κ2) is 4.34. The Morgan fingerprint density at radius 2 is 2.12 bits per heavy atom. The van der Waals surface area contributed by atoms with E-state index in [2.05, 4.69) is 11.0 Å². The Hall–Kier alpha value is -0.600. The SMILES string of the molecule is CC1CS(=O)(=O)CCN1C1CCCC1C#N. The van der Waals surface area contributed by atoms with Gasteiger partial charge >= 0.3 is 0 Å². The standard InChI is InChI=1S/C11H18N2O2S/c1-9-8-16(14,15)6-5-13(9)11-4-2-3-10(11)7-12/h9-11H,2-6,8H2,1H3. The second-order valence-electron chi connectivity index (χ2n) is 4.94. The average molecular weight is 242 g/mol. The van der Waals surface area contributed by atoms with Crippen molar-refractivity contribution in [3.8, 4) is 6.07 Å². The molecule has 1 heterocycles. The summed E-state index contributed by atoms with van der Waals surface area (Å²) in [6.07, 6.45) is 3.11. The summed E-state index contributed by atoms with van der Waals surface area (Å²) < 4.78 is 23.0. The van der Waals surface area contributed by atoms with E-state index in [9.17, 15) is 8.42 Å². The zero-order valence-electron chi connectivity index (χ0n) is 9.59. The van der Waals surface area contributed by atoms with Gasteiger partial charge < -0.3 is 0 Å². The molecule has 1 aliphatic heterocycles. The van der Waals surface area contributed by atoms with Gasteiger partial charge in [-0.2, -0.15) is 5.26 Å². The fourth-order valence-electron chi connectivity index (χ4n) is 2.99. The van der Waals surface area contributed by atoms with Crippen LogP contribution in [0.25, 0.3) is 0 Å². The normalized spacial score (nSPS) is 39.4. The van der Waals surface area contributed by atoms with Crippen LogP contribution in [0.5, 0.6) is 0 Å². The predicted octanol–water partition coefficient (Wildman–Crippen LogP) is 0.798. The fraction of sp³-hybridized carbons (Fsp3) is 0.909. The molecule has 0 amide bonds. The maximum absolute atomic E-state index is 11.5. The Morgan fingerprint density at radius 3 is 2.75 bits per heavy atom. The monoisotopic (exact) mass is 242 g/mol. The topological polar surface area (TPSA) is 61.2 Å². The van der Waals surface area contributed by atoms with E-state index in [1.807, 2.05) is 6.92 Å². The van der Waals surface area contributed by atoms with Gasteiger partial charge in [-0.15, -0.1) is 0 Å². The lowest BCUT2D eigenvalue weighted by Gasteiger charge is -2.38. The van der Waals surface area contributed by atoms with Crippen LogP contribution in [0.4, 0.5) is 0 Å². The van der Waals surface area contributed by atoms with Crippen molar-refractivity contribution in [1.82, 2.24) is 4.90 Å². The van der Waals surface area contributed by atoms with Gasteiger partial charge in [0.05, 0.1) is 23.5 Å². The van der Waals surface area contributed by atoms with Crippen molar-refractivity contribution in [2.24, 2.45) is 5.92 Å². The van der Waals surface area contributed by atoms with Gasteiger partial charge in [-0.3, -0.25) is 4.90 Å². The summed E-state index contributed by atoms with van der Waals surface area (Å²) in [5.41, 5.74) is 0. The van der Waals surface area contributed by atoms with Gasteiger partial charge in [0.15, 0.2) is 9.84 Å². The van der Waals surface area contributed by atoms with Crippen molar-refractivity contribution in [1.29, 1.82) is 5.26 Å². The second-order valence-corrected chi connectivity index (χ2v) is 7.16. The van der Waals surface area contributed by atoms with Crippen LogP contribution in [0.15, 0.2) is 0 Å². The Kier molecular flexibility index (Phi) is 3.22. The zero-order valence-corrected chi connectivity index (χ0v) is 10.4. The van der Waals surface area contributed by atoms with E-state index < -0.39 is 9.84 Å². The lowest BCUT2D eigenvalue weighted by molar-refractivity contribution is 0.142. The van der Waals surface area contributed by atoms with E-state index in [0.29, 0.717) is 6.54 Å². The summed E-state index contributed by atoms with van der Waals surface area (Å²) in [5.74, 6) is 0.608. The highest BCUT2D eigenvalue weighted by molar-refractivity contribution is 7.91. The first-order chi connectivity index (χ1) is 7.53. The number of hydrogen-bond donors (Lipinski definition) is 0. The van der Waals surface area contributed by atoms with Gasteiger partial charge in [0.25, 0.3) is 0 Å². The lowest BCUT2D eigenvalue weighted by Crippen LogP contribution is -2.52. The molecule has 16 heavy (non-hydrogen) atoms. The molecule has 4 nitrogen and oxygen atoms in total. The molecule has 0 aromatic heterocycles. The molecule has 5 heteroatoms. The molecule has 1 saturated heterocycles. The molecule has 2 rings (SSSR count). The third-order valence-electron chi connectivity index (χ3n) is 3.79. The predicted molar refractivity (Wildman–Crippen MR) is 61.6 cm³/mol. The van der Waals surface area contributed by atoms with Crippen molar-refractivity contribution >= 4 is 9.84 Å². The zero-order chi connectivity index (χ0) is 11.8. The minimum absolute atomic E-state index is 0.0673. The first-order valence-electron chi connectivity index (χ1n) is 5.89. The van der Waals surface area contributed by atoms with Gasteiger partial charge in [0.1, 0.15) is 0 Å². The maximum Gasteiger partial charge on any atom is 0.153 e. The van der Waals surface area contributed by atoms with Crippen LogP contribution in [0.1, 0.15) is 26.2 Å². The Balaban J connectivity index is 2.09. The number of nitrogens with zero attached hydrogens (tertiary/aromatic N) is 2. The molecule has 0 N–H and O–H groups in total. The van der Waals surface area contributed by atoms with Crippen LogP contribution in [0, 0.1) is 17.2 Å². The maximum atomic E-state index is 11.5. The van der Waals surface area contributed by atoms with Crippen LogP contribution < -0.4 is 0 Å². The van der Waals surface area contributed by atoms with Crippen molar-refractivity contribution in [2.75, 3.05) is 18.1 Å². The van der Waals surface area contributed by atoms with Gasteiger partial charge in [-0.1, -0.05) is 6.42 Å². The highest BCUT2D eigenvalue weighted by atomic mass is 32.2. The summed E-state index contributed by atoms with van der Waals surface area (Å²) in [5, 5.41) is 9.06. The molecule has 0 radical (unpaired) electrons. The minimum atomic E-state index is -2.84. The fourth-order valence-corrected chi connectivity index (χ4v) is 4.57. The first kappa shape index (κ1) is 11.9. The quantitative estimate of drug-likeness (QED) is 0.682. The van der Waals surface area contributed by atoms with E-state index in [-0.39, 0.29) is 29.5 Å². The molecule has 0 aromatic carbocycles. The summed E-state index contributed by atoms with van der Waals surface area (Å²) in [7, 11) is -2.84. The van der Waals surface area contributed by atoms with Crippen LogP contribution in [-0.2, 0) is 9.84 Å². The molecule has 0 spiro atoms. The van der Waals surface area contributed by atoms with Gasteiger partial charge in [-0.05, 0) is 19.8 Å². The molecule has 0 bridgehead atoms. The molecule has 0 aromatic rings. The molecule has 2 aliphatic rings. The van der Waals surface area contributed by atoms with E-state index >= 15 is 0 Å². The van der Waals surface area contributed by atoms with Crippen LogP contribution >= 0.6 is 0 Å². The third-order valence-corrected chi connectivity index (χ3v) is 5.59. The summed E-state index contributed by atoms with van der Waals surface area (Å²) in [4.78, 5) is 2.24. The lowest BCUT2D eigenvalue weighted by atomic mass is 10.0. The van der Waals surface area contributed by atoms with Crippen molar-refractivity contribution < 1.29 is 8.42 Å². The average Bonchev–Trinajstić information content (AvgIpc) is 2.64. The van der Waals surface area contributed by atoms with Crippen LogP contribution in [0.2, 0.25) is 0 Å². The van der Waals surface area contributed by atoms with Crippen molar-refractivity contribution in [3.63, 3.8) is 0 Å². The molecule has 3 atom stereocenters. The molecule has 2 fully saturated rings. The van der Waals surface area contributed by atoms with Crippen molar-refractivity contribution in [2.45, 2.75) is 38.3 Å². The number of sulfone groups is 1. The highest BCUT2D eigenvalue weighted by Crippen LogP contribution is 2.32. The van der Waals surface area contributed by atoms with Gasteiger partial charge in [0.2, 0.25) is 0 Å². The van der Waals surface area contributed by atoms with Gasteiger partial charge in [-0.25, -0.2) is 8.42 Å². The molecule has 3 unspecified atom stereocenters. The molecular weight excluding hydrogens is 224 g/mol. The highest BCUT2D eigenvalue weighted by Gasteiger charge is 2.38. The van der Waals surface area contributed by atoms with Crippen molar-refractivity contribution in [3.05, 3.63) is 0 Å². The molecule has 90 valence electrons. The number of hydrogen-bond acceptors (Lipinski definition) is 4. The Bertz CT molecular complexity index is 399.